The van der Waals surface area contributed by atoms with Crippen molar-refractivity contribution < 1.29 is 14.6 Å². The van der Waals surface area contributed by atoms with Crippen LogP contribution in [0.3, 0.4) is 0 Å². The van der Waals surface area contributed by atoms with E-state index in [0.29, 0.717) is 30.8 Å². The van der Waals surface area contributed by atoms with Crippen LogP contribution in [0.5, 0.6) is 11.5 Å². The summed E-state index contributed by atoms with van der Waals surface area (Å²) in [5.74, 6) is 0.126. The Morgan fingerprint density at radius 3 is 2.74 bits per heavy atom. The molecule has 1 N–H and O–H groups in total. The van der Waals surface area contributed by atoms with Crippen LogP contribution < -0.4 is 10.3 Å². The van der Waals surface area contributed by atoms with E-state index < -0.39 is 0 Å². The quantitative estimate of drug-likeness (QED) is 0.907. The van der Waals surface area contributed by atoms with E-state index in [1.807, 2.05) is 0 Å². The Morgan fingerprint density at radius 2 is 2.04 bits per heavy atom. The van der Waals surface area contributed by atoms with Gasteiger partial charge in [-0.25, -0.2) is 0 Å². The molecule has 23 heavy (non-hydrogen) atoms. The number of rotatable bonds is 2. The monoisotopic (exact) mass is 314 g/mol. The summed E-state index contributed by atoms with van der Waals surface area (Å²) in [6, 6.07) is 6.26. The molecule has 1 aromatic heterocycles. The number of carbonyl (C=O) groups is 1. The number of hydrogen-bond acceptors (Lipinski definition) is 4. The number of nitrogens with zero attached hydrogens (tertiary/aromatic N) is 2. The molecule has 0 saturated carbocycles. The maximum Gasteiger partial charge on any atom is 0.254 e. The minimum Gasteiger partial charge on any atom is -0.504 e. The average molecular weight is 314 g/mol. The molecule has 2 heterocycles. The second-order valence-corrected chi connectivity index (χ2v) is 5.64. The standard InChI is InChI=1S/C17H18N2O4/c1-18-9-13-10-19(6-5-11(13)8-16(18)21)17(22)12-3-4-15(23-2)14(20)7-12/h3-4,7-9,20H,5-6,10H2,1-2H3. The Labute approximate surface area is 133 Å². The van der Waals surface area contributed by atoms with Gasteiger partial charge >= 0.3 is 0 Å². The second-order valence-electron chi connectivity index (χ2n) is 5.64. The number of aryl methyl sites for hydroxylation is 1. The second kappa shape index (κ2) is 5.79. The van der Waals surface area contributed by atoms with Crippen molar-refractivity contribution in [2.75, 3.05) is 13.7 Å². The van der Waals surface area contributed by atoms with E-state index in [1.165, 1.54) is 17.7 Å². The summed E-state index contributed by atoms with van der Waals surface area (Å²) in [6.07, 6.45) is 2.43. The SMILES string of the molecule is COc1ccc(C(=O)N2CCc3cc(=O)n(C)cc3C2)cc1O. The van der Waals surface area contributed by atoms with Crippen molar-refractivity contribution in [2.45, 2.75) is 13.0 Å². The van der Waals surface area contributed by atoms with Crippen molar-refractivity contribution in [3.05, 3.63) is 57.5 Å². The summed E-state index contributed by atoms with van der Waals surface area (Å²) >= 11 is 0. The van der Waals surface area contributed by atoms with Gasteiger partial charge in [0.1, 0.15) is 0 Å². The fraction of sp³-hybridized carbons (Fsp3) is 0.294. The number of methoxy groups -OCH3 is 1. The first-order valence-electron chi connectivity index (χ1n) is 7.34. The Balaban J connectivity index is 1.85. The van der Waals surface area contributed by atoms with Gasteiger partial charge in [0.05, 0.1) is 7.11 Å². The molecule has 1 aromatic carbocycles. The van der Waals surface area contributed by atoms with Gasteiger partial charge in [-0.3, -0.25) is 9.59 Å². The normalized spacial score (nSPS) is 13.6. The summed E-state index contributed by atoms with van der Waals surface area (Å²) in [7, 11) is 3.16. The van der Waals surface area contributed by atoms with Gasteiger partial charge in [0.2, 0.25) is 0 Å². The number of phenols is 1. The molecule has 6 nitrogen and oxygen atoms in total. The zero-order valence-corrected chi connectivity index (χ0v) is 13.1. The minimum atomic E-state index is -0.151. The summed E-state index contributed by atoms with van der Waals surface area (Å²) in [6.45, 7) is 1.00. The molecule has 0 fully saturated rings. The number of pyridine rings is 1. The predicted molar refractivity (Wildman–Crippen MR) is 84.8 cm³/mol. The van der Waals surface area contributed by atoms with Crippen molar-refractivity contribution in [1.82, 2.24) is 9.47 Å². The van der Waals surface area contributed by atoms with Gasteiger partial charge in [0, 0.05) is 38.0 Å². The molecule has 3 rings (SSSR count). The number of carbonyl (C=O) groups excluding carboxylic acids is 1. The van der Waals surface area contributed by atoms with E-state index in [9.17, 15) is 14.7 Å². The molecule has 1 amide bonds. The third-order valence-electron chi connectivity index (χ3n) is 4.13. The van der Waals surface area contributed by atoms with Gasteiger partial charge in [-0.1, -0.05) is 0 Å². The largest absolute Gasteiger partial charge is 0.504 e. The fourth-order valence-corrected chi connectivity index (χ4v) is 2.82. The molecule has 0 bridgehead atoms. The van der Waals surface area contributed by atoms with Crippen LogP contribution >= 0.6 is 0 Å². The molecule has 120 valence electrons. The van der Waals surface area contributed by atoms with Gasteiger partial charge in [0.25, 0.3) is 11.5 Å². The van der Waals surface area contributed by atoms with Crippen LogP contribution in [0.1, 0.15) is 21.5 Å². The van der Waals surface area contributed by atoms with Crippen molar-refractivity contribution in [3.8, 4) is 11.5 Å². The lowest BCUT2D eigenvalue weighted by Gasteiger charge is -2.29. The van der Waals surface area contributed by atoms with Crippen LogP contribution in [-0.4, -0.2) is 34.1 Å². The summed E-state index contributed by atoms with van der Waals surface area (Å²) in [5, 5.41) is 9.83. The van der Waals surface area contributed by atoms with Crippen LogP contribution in [0.2, 0.25) is 0 Å². The lowest BCUT2D eigenvalue weighted by Crippen LogP contribution is -2.37. The molecule has 0 atom stereocenters. The van der Waals surface area contributed by atoms with E-state index in [1.54, 1.807) is 36.3 Å². The highest BCUT2D eigenvalue weighted by atomic mass is 16.5. The number of benzene rings is 1. The number of aromatic nitrogens is 1. The van der Waals surface area contributed by atoms with E-state index in [0.717, 1.165) is 11.1 Å². The van der Waals surface area contributed by atoms with E-state index >= 15 is 0 Å². The average Bonchev–Trinajstić information content (AvgIpc) is 2.54. The predicted octanol–water partition coefficient (Wildman–Crippen LogP) is 1.30. The summed E-state index contributed by atoms with van der Waals surface area (Å²) < 4.78 is 6.51. The van der Waals surface area contributed by atoms with Crippen molar-refractivity contribution in [1.29, 1.82) is 0 Å². The zero-order valence-electron chi connectivity index (χ0n) is 13.1. The molecule has 2 aromatic rings. The molecule has 1 aliphatic heterocycles. The first kappa shape index (κ1) is 15.1. The molecule has 0 unspecified atom stereocenters. The van der Waals surface area contributed by atoms with Crippen LogP contribution in [0.4, 0.5) is 0 Å². The van der Waals surface area contributed by atoms with E-state index in [4.69, 9.17) is 4.74 Å². The van der Waals surface area contributed by atoms with Crippen LogP contribution in [-0.2, 0) is 20.0 Å². The summed E-state index contributed by atoms with van der Waals surface area (Å²) in [4.78, 5) is 26.0. The minimum absolute atomic E-state index is 0.0383. The molecule has 0 spiro atoms. The smallest absolute Gasteiger partial charge is 0.254 e. The third kappa shape index (κ3) is 2.79. The first-order valence-corrected chi connectivity index (χ1v) is 7.34. The molecule has 0 saturated heterocycles. The van der Waals surface area contributed by atoms with Crippen molar-refractivity contribution >= 4 is 5.91 Å². The molecule has 6 heteroatoms. The lowest BCUT2D eigenvalue weighted by atomic mass is 10.0. The fourth-order valence-electron chi connectivity index (χ4n) is 2.82. The topological polar surface area (TPSA) is 71.8 Å². The summed E-state index contributed by atoms with van der Waals surface area (Å²) in [5.41, 5.74) is 2.35. The number of phenolic OH excluding ortho intramolecular Hbond substituents is 1. The van der Waals surface area contributed by atoms with Gasteiger partial charge in [-0.15, -0.1) is 0 Å². The third-order valence-corrected chi connectivity index (χ3v) is 4.13. The molecular weight excluding hydrogens is 296 g/mol. The highest BCUT2D eigenvalue weighted by Crippen LogP contribution is 2.27. The Bertz CT molecular complexity index is 826. The number of amides is 1. The number of ether oxygens (including phenoxy) is 1. The Kier molecular flexibility index (Phi) is 3.82. The lowest BCUT2D eigenvalue weighted by molar-refractivity contribution is 0.0733. The van der Waals surface area contributed by atoms with Gasteiger partial charge in [0.15, 0.2) is 11.5 Å². The maximum atomic E-state index is 12.6. The van der Waals surface area contributed by atoms with E-state index in [2.05, 4.69) is 0 Å². The van der Waals surface area contributed by atoms with Crippen LogP contribution in [0.15, 0.2) is 35.3 Å². The number of fused-ring (bicyclic) bond motifs is 1. The van der Waals surface area contributed by atoms with Gasteiger partial charge in [-0.2, -0.15) is 0 Å². The molecule has 1 aliphatic rings. The Morgan fingerprint density at radius 1 is 1.26 bits per heavy atom. The van der Waals surface area contributed by atoms with Crippen molar-refractivity contribution in [3.63, 3.8) is 0 Å². The molecular formula is C17H18N2O4. The van der Waals surface area contributed by atoms with Gasteiger partial charge in [-0.05, 0) is 35.7 Å². The highest BCUT2D eigenvalue weighted by Gasteiger charge is 2.23. The number of hydrogen-bond donors (Lipinski definition) is 1. The van der Waals surface area contributed by atoms with Gasteiger partial charge < -0.3 is 19.3 Å². The maximum absolute atomic E-state index is 12.6. The Hall–Kier alpha value is -2.76. The molecule has 0 radical (unpaired) electrons. The number of aromatic hydroxyl groups is 1. The molecule has 0 aliphatic carbocycles. The van der Waals surface area contributed by atoms with Crippen LogP contribution in [0.25, 0.3) is 0 Å². The highest BCUT2D eigenvalue weighted by molar-refractivity contribution is 5.95. The first-order chi connectivity index (χ1) is 11.0. The van der Waals surface area contributed by atoms with Crippen LogP contribution in [0, 0.1) is 0 Å². The zero-order chi connectivity index (χ0) is 16.6. The van der Waals surface area contributed by atoms with Crippen molar-refractivity contribution in [2.24, 2.45) is 7.05 Å². The van der Waals surface area contributed by atoms with E-state index in [-0.39, 0.29) is 17.2 Å².